The normalized spacial score (nSPS) is 10.1. The van der Waals surface area contributed by atoms with E-state index in [4.69, 9.17) is 9.47 Å². The molecular formula is C12H11BrN2O3. The largest absolute Gasteiger partial charge is 0.490 e. The smallest absolute Gasteiger partial charge is 0.268 e. The van der Waals surface area contributed by atoms with Crippen LogP contribution in [0.1, 0.15) is 6.92 Å². The predicted molar refractivity (Wildman–Crippen MR) is 70.2 cm³/mol. The Kier molecular flexibility index (Phi) is 3.99. The van der Waals surface area contributed by atoms with E-state index in [2.05, 4.69) is 25.9 Å². The van der Waals surface area contributed by atoms with Gasteiger partial charge in [-0.25, -0.2) is 4.98 Å². The van der Waals surface area contributed by atoms with Gasteiger partial charge in [0.1, 0.15) is 4.47 Å². The molecule has 0 fully saturated rings. The van der Waals surface area contributed by atoms with E-state index >= 15 is 0 Å². The van der Waals surface area contributed by atoms with Gasteiger partial charge in [0.15, 0.2) is 11.5 Å². The first kappa shape index (κ1) is 12.6. The van der Waals surface area contributed by atoms with Crippen molar-refractivity contribution in [3.05, 3.63) is 45.4 Å². The lowest BCUT2D eigenvalue weighted by molar-refractivity contribution is 0.319. The molecule has 6 heteroatoms. The number of hydrogen-bond donors (Lipinski definition) is 1. The van der Waals surface area contributed by atoms with E-state index in [0.717, 1.165) is 0 Å². The second-order valence-corrected chi connectivity index (χ2v) is 4.13. The summed E-state index contributed by atoms with van der Waals surface area (Å²) in [5.74, 6) is 1.32. The van der Waals surface area contributed by atoms with Gasteiger partial charge in [-0.3, -0.25) is 4.79 Å². The Bertz CT molecular complexity index is 598. The first-order valence-corrected chi connectivity index (χ1v) is 6.14. The molecule has 1 N–H and O–H groups in total. The summed E-state index contributed by atoms with van der Waals surface area (Å²) in [7, 11) is 0. The van der Waals surface area contributed by atoms with Crippen LogP contribution >= 0.6 is 15.9 Å². The number of aromatic amines is 1. The Morgan fingerprint density at radius 1 is 1.33 bits per heavy atom. The summed E-state index contributed by atoms with van der Waals surface area (Å²) in [6.45, 7) is 2.42. The second kappa shape index (κ2) is 5.68. The molecule has 0 aliphatic rings. The highest BCUT2D eigenvalue weighted by Crippen LogP contribution is 2.32. The number of benzene rings is 1. The van der Waals surface area contributed by atoms with Gasteiger partial charge in [-0.05, 0) is 35.0 Å². The van der Waals surface area contributed by atoms with Crippen molar-refractivity contribution in [3.8, 4) is 17.4 Å². The summed E-state index contributed by atoms with van der Waals surface area (Å²) in [6.07, 6.45) is 1.28. The fraction of sp³-hybridized carbons (Fsp3) is 0.167. The molecule has 0 unspecified atom stereocenters. The van der Waals surface area contributed by atoms with Gasteiger partial charge in [0.05, 0.1) is 12.9 Å². The Hall–Kier alpha value is -1.82. The molecule has 0 atom stereocenters. The van der Waals surface area contributed by atoms with Crippen LogP contribution in [0, 0.1) is 0 Å². The average Bonchev–Trinajstić information content (AvgIpc) is 2.37. The summed E-state index contributed by atoms with van der Waals surface area (Å²) < 4.78 is 11.2. The van der Waals surface area contributed by atoms with E-state index in [0.29, 0.717) is 18.1 Å². The van der Waals surface area contributed by atoms with E-state index in [9.17, 15) is 4.79 Å². The van der Waals surface area contributed by atoms with Gasteiger partial charge in [-0.15, -0.1) is 0 Å². The molecule has 0 amide bonds. The minimum atomic E-state index is -0.297. The molecule has 0 radical (unpaired) electrons. The zero-order valence-electron chi connectivity index (χ0n) is 9.64. The Balaban J connectivity index is 2.34. The maximum Gasteiger partial charge on any atom is 0.268 e. The van der Waals surface area contributed by atoms with Crippen molar-refractivity contribution in [2.45, 2.75) is 6.92 Å². The summed E-state index contributed by atoms with van der Waals surface area (Å²) in [6, 6.07) is 7.21. The molecule has 1 aromatic carbocycles. The van der Waals surface area contributed by atoms with Crippen LogP contribution in [-0.4, -0.2) is 16.6 Å². The molecule has 0 spiro atoms. The standard InChI is InChI=1S/C12H11BrN2O3/c1-2-17-8-5-3-4-6-9(8)18-12-10(13)11(16)14-7-15-12/h3-7H,2H2,1H3,(H,14,15,16). The number of aromatic nitrogens is 2. The Labute approximate surface area is 112 Å². The number of hydrogen-bond acceptors (Lipinski definition) is 4. The van der Waals surface area contributed by atoms with Gasteiger partial charge in [0, 0.05) is 0 Å². The minimum absolute atomic E-state index is 0.200. The van der Waals surface area contributed by atoms with E-state index < -0.39 is 0 Å². The lowest BCUT2D eigenvalue weighted by atomic mass is 10.3. The molecule has 0 bridgehead atoms. The van der Waals surface area contributed by atoms with Gasteiger partial charge < -0.3 is 14.5 Å². The fourth-order valence-electron chi connectivity index (χ4n) is 1.35. The molecule has 2 aromatic rings. The third-order valence-electron chi connectivity index (χ3n) is 2.12. The van der Waals surface area contributed by atoms with Gasteiger partial charge >= 0.3 is 0 Å². The van der Waals surface area contributed by atoms with Crippen molar-refractivity contribution in [3.63, 3.8) is 0 Å². The molecule has 2 rings (SSSR count). The molecule has 1 heterocycles. The molecule has 0 saturated carbocycles. The topological polar surface area (TPSA) is 64.2 Å². The van der Waals surface area contributed by atoms with E-state index in [-0.39, 0.29) is 15.9 Å². The maximum atomic E-state index is 11.4. The number of rotatable bonds is 4. The van der Waals surface area contributed by atoms with Crippen molar-refractivity contribution < 1.29 is 9.47 Å². The third-order valence-corrected chi connectivity index (χ3v) is 2.82. The highest BCUT2D eigenvalue weighted by molar-refractivity contribution is 9.10. The van der Waals surface area contributed by atoms with Crippen LogP contribution in [0.15, 0.2) is 39.9 Å². The maximum absolute atomic E-state index is 11.4. The van der Waals surface area contributed by atoms with Gasteiger partial charge in [-0.2, -0.15) is 0 Å². The van der Waals surface area contributed by atoms with Crippen LogP contribution in [0.25, 0.3) is 0 Å². The lowest BCUT2D eigenvalue weighted by Gasteiger charge is -2.10. The van der Waals surface area contributed by atoms with E-state index in [1.807, 2.05) is 19.1 Å². The van der Waals surface area contributed by atoms with Crippen molar-refractivity contribution in [1.29, 1.82) is 0 Å². The number of ether oxygens (including phenoxy) is 2. The molecule has 18 heavy (non-hydrogen) atoms. The van der Waals surface area contributed by atoms with Crippen LogP contribution in [0.5, 0.6) is 17.4 Å². The van der Waals surface area contributed by atoms with Gasteiger partial charge in [-0.1, -0.05) is 12.1 Å². The van der Waals surface area contributed by atoms with Gasteiger partial charge in [0.2, 0.25) is 5.88 Å². The van der Waals surface area contributed by atoms with Crippen LogP contribution in [0.4, 0.5) is 0 Å². The van der Waals surface area contributed by atoms with Crippen LogP contribution < -0.4 is 15.0 Å². The molecular weight excluding hydrogens is 300 g/mol. The quantitative estimate of drug-likeness (QED) is 0.943. The minimum Gasteiger partial charge on any atom is -0.490 e. The monoisotopic (exact) mass is 310 g/mol. The molecule has 94 valence electrons. The average molecular weight is 311 g/mol. The van der Waals surface area contributed by atoms with Crippen molar-refractivity contribution in [2.75, 3.05) is 6.61 Å². The van der Waals surface area contributed by atoms with Crippen LogP contribution in [-0.2, 0) is 0 Å². The summed E-state index contributed by atoms with van der Waals surface area (Å²) >= 11 is 3.13. The summed E-state index contributed by atoms with van der Waals surface area (Å²) in [5, 5.41) is 0. The number of para-hydroxylation sites is 2. The SMILES string of the molecule is CCOc1ccccc1Oc1nc[nH]c(=O)c1Br. The highest BCUT2D eigenvalue weighted by atomic mass is 79.9. The highest BCUT2D eigenvalue weighted by Gasteiger charge is 2.10. The van der Waals surface area contributed by atoms with Crippen molar-refractivity contribution in [2.24, 2.45) is 0 Å². The zero-order chi connectivity index (χ0) is 13.0. The summed E-state index contributed by atoms with van der Waals surface area (Å²) in [5.41, 5.74) is -0.297. The Morgan fingerprint density at radius 2 is 2.06 bits per heavy atom. The molecule has 5 nitrogen and oxygen atoms in total. The van der Waals surface area contributed by atoms with Crippen molar-refractivity contribution in [1.82, 2.24) is 9.97 Å². The molecule has 1 aromatic heterocycles. The third kappa shape index (κ3) is 2.70. The summed E-state index contributed by atoms with van der Waals surface area (Å²) in [4.78, 5) is 17.8. The van der Waals surface area contributed by atoms with Gasteiger partial charge in [0.25, 0.3) is 5.56 Å². The lowest BCUT2D eigenvalue weighted by Crippen LogP contribution is -2.08. The van der Waals surface area contributed by atoms with Crippen LogP contribution in [0.3, 0.4) is 0 Å². The number of nitrogens with zero attached hydrogens (tertiary/aromatic N) is 1. The number of H-pyrrole nitrogens is 1. The Morgan fingerprint density at radius 3 is 2.78 bits per heavy atom. The predicted octanol–water partition coefficient (Wildman–Crippen LogP) is 2.72. The molecule has 0 saturated heterocycles. The second-order valence-electron chi connectivity index (χ2n) is 3.33. The zero-order valence-corrected chi connectivity index (χ0v) is 11.2. The van der Waals surface area contributed by atoms with Crippen LogP contribution in [0.2, 0.25) is 0 Å². The fourth-order valence-corrected chi connectivity index (χ4v) is 1.65. The molecule has 0 aliphatic heterocycles. The van der Waals surface area contributed by atoms with E-state index in [1.54, 1.807) is 12.1 Å². The first-order valence-electron chi connectivity index (χ1n) is 5.35. The van der Waals surface area contributed by atoms with Crippen molar-refractivity contribution >= 4 is 15.9 Å². The molecule has 0 aliphatic carbocycles. The first-order chi connectivity index (χ1) is 8.72. The van der Waals surface area contributed by atoms with E-state index in [1.165, 1.54) is 6.33 Å². The number of nitrogens with one attached hydrogen (secondary N) is 1. The number of halogens is 1.